The molecule has 29 heavy (non-hydrogen) atoms. The highest BCUT2D eigenvalue weighted by Gasteiger charge is 2.26. The van der Waals surface area contributed by atoms with Crippen LogP contribution >= 0.6 is 11.3 Å². The lowest BCUT2D eigenvalue weighted by Crippen LogP contribution is -2.40. The fourth-order valence-corrected chi connectivity index (χ4v) is 5.77. The number of thiazole rings is 1. The average molecular weight is 430 g/mol. The van der Waals surface area contributed by atoms with Gasteiger partial charge in [0.05, 0.1) is 29.5 Å². The van der Waals surface area contributed by atoms with Crippen molar-refractivity contribution in [3.63, 3.8) is 0 Å². The average Bonchev–Trinajstić information content (AvgIpc) is 3.17. The van der Waals surface area contributed by atoms with Gasteiger partial charge in [-0.1, -0.05) is 30.3 Å². The Balaban J connectivity index is 1.73. The summed E-state index contributed by atoms with van der Waals surface area (Å²) in [4.78, 5) is 5.94. The second-order valence-corrected chi connectivity index (χ2v) is 9.41. The van der Waals surface area contributed by atoms with Crippen molar-refractivity contribution in [2.45, 2.75) is 18.4 Å². The molecule has 0 saturated carbocycles. The van der Waals surface area contributed by atoms with Crippen molar-refractivity contribution in [3.05, 3.63) is 64.8 Å². The molecule has 0 bridgehead atoms. The number of aromatic nitrogens is 1. The van der Waals surface area contributed by atoms with E-state index >= 15 is 0 Å². The monoisotopic (exact) mass is 429 g/mol. The van der Waals surface area contributed by atoms with E-state index in [9.17, 15) is 8.42 Å². The van der Waals surface area contributed by atoms with Crippen LogP contribution in [0.2, 0.25) is 0 Å². The highest BCUT2D eigenvalue weighted by molar-refractivity contribution is 7.89. The van der Waals surface area contributed by atoms with Gasteiger partial charge in [0, 0.05) is 30.6 Å². The van der Waals surface area contributed by atoms with Gasteiger partial charge in [-0.25, -0.2) is 13.4 Å². The zero-order valence-electron chi connectivity index (χ0n) is 16.2. The van der Waals surface area contributed by atoms with Crippen molar-refractivity contribution in [1.82, 2.24) is 8.87 Å². The van der Waals surface area contributed by atoms with Crippen LogP contribution < -0.4 is 4.80 Å². The van der Waals surface area contributed by atoms with E-state index in [1.807, 2.05) is 41.8 Å². The second kappa shape index (κ2) is 8.62. The molecule has 1 fully saturated rings. The molecule has 152 valence electrons. The third-order valence-electron chi connectivity index (χ3n) is 4.83. The highest BCUT2D eigenvalue weighted by atomic mass is 32.2. The molecule has 3 aromatic rings. The topological polar surface area (TPSA) is 63.9 Å². The van der Waals surface area contributed by atoms with Gasteiger partial charge < -0.3 is 9.30 Å². The molecule has 0 radical (unpaired) electrons. The van der Waals surface area contributed by atoms with E-state index in [0.717, 1.165) is 28.3 Å². The Hall–Kier alpha value is -2.26. The number of hydrogen-bond acceptors (Lipinski definition) is 5. The predicted octanol–water partition coefficient (Wildman–Crippen LogP) is 3.49. The van der Waals surface area contributed by atoms with Gasteiger partial charge in [-0.2, -0.15) is 4.31 Å². The first kappa shape index (κ1) is 20.0. The molecule has 0 spiro atoms. The minimum atomic E-state index is -3.53. The van der Waals surface area contributed by atoms with Gasteiger partial charge in [-0.15, -0.1) is 11.3 Å². The van der Waals surface area contributed by atoms with Crippen molar-refractivity contribution in [2.24, 2.45) is 4.99 Å². The van der Waals surface area contributed by atoms with Crippen LogP contribution in [0.15, 0.2) is 69.9 Å². The molecule has 0 aliphatic carbocycles. The number of benzene rings is 2. The molecule has 0 N–H and O–H groups in total. The molecule has 1 aliphatic rings. The quantitative estimate of drug-likeness (QED) is 0.624. The minimum absolute atomic E-state index is 0.312. The lowest BCUT2D eigenvalue weighted by molar-refractivity contribution is 0.0730. The molecule has 0 unspecified atom stereocenters. The molecular formula is C21H23N3O3S2. The van der Waals surface area contributed by atoms with Crippen molar-refractivity contribution >= 4 is 27.0 Å². The maximum Gasteiger partial charge on any atom is 0.243 e. The zero-order chi connectivity index (χ0) is 20.3. The molecule has 2 heterocycles. The number of nitrogens with zero attached hydrogens (tertiary/aromatic N) is 3. The Kier molecular flexibility index (Phi) is 5.96. The summed E-state index contributed by atoms with van der Waals surface area (Å²) >= 11 is 1.55. The van der Waals surface area contributed by atoms with Crippen LogP contribution in [0, 0.1) is 0 Å². The van der Waals surface area contributed by atoms with E-state index in [0.29, 0.717) is 31.2 Å². The zero-order valence-corrected chi connectivity index (χ0v) is 17.8. The Morgan fingerprint density at radius 3 is 2.55 bits per heavy atom. The molecule has 6 nitrogen and oxygen atoms in total. The van der Waals surface area contributed by atoms with E-state index in [1.54, 1.807) is 29.5 Å². The van der Waals surface area contributed by atoms with Gasteiger partial charge in [0.25, 0.3) is 0 Å². The second-order valence-electron chi connectivity index (χ2n) is 6.64. The number of ether oxygens (including phenoxy) is 1. The van der Waals surface area contributed by atoms with Crippen LogP contribution in [0.25, 0.3) is 11.3 Å². The van der Waals surface area contributed by atoms with E-state index < -0.39 is 10.0 Å². The summed E-state index contributed by atoms with van der Waals surface area (Å²) in [6.45, 7) is 4.45. The summed E-state index contributed by atoms with van der Waals surface area (Å²) in [6, 6.07) is 17.0. The van der Waals surface area contributed by atoms with Crippen LogP contribution in [0.3, 0.4) is 0 Å². The maximum atomic E-state index is 13.0. The molecular weight excluding hydrogens is 406 g/mol. The van der Waals surface area contributed by atoms with Crippen molar-refractivity contribution < 1.29 is 13.2 Å². The van der Waals surface area contributed by atoms with Crippen LogP contribution in [-0.4, -0.2) is 43.6 Å². The minimum Gasteiger partial charge on any atom is -0.379 e. The van der Waals surface area contributed by atoms with Crippen LogP contribution in [0.4, 0.5) is 5.69 Å². The Morgan fingerprint density at radius 1 is 1.07 bits per heavy atom. The molecule has 4 rings (SSSR count). The van der Waals surface area contributed by atoms with Crippen LogP contribution in [-0.2, 0) is 21.3 Å². The van der Waals surface area contributed by atoms with Gasteiger partial charge >= 0.3 is 0 Å². The summed E-state index contributed by atoms with van der Waals surface area (Å²) in [5.74, 6) is 0. The summed E-state index contributed by atoms with van der Waals surface area (Å²) < 4.78 is 34.9. The summed E-state index contributed by atoms with van der Waals surface area (Å²) in [5, 5.41) is 2.03. The summed E-state index contributed by atoms with van der Waals surface area (Å²) in [6.07, 6.45) is 0. The molecule has 1 aromatic heterocycles. The predicted molar refractivity (Wildman–Crippen MR) is 115 cm³/mol. The van der Waals surface area contributed by atoms with Gasteiger partial charge in [-0.05, 0) is 31.2 Å². The van der Waals surface area contributed by atoms with Gasteiger partial charge in [-0.3, -0.25) is 0 Å². The van der Waals surface area contributed by atoms with Gasteiger partial charge in [0.2, 0.25) is 10.0 Å². The van der Waals surface area contributed by atoms with Gasteiger partial charge in [0.15, 0.2) is 4.80 Å². The molecule has 1 aliphatic heterocycles. The Morgan fingerprint density at radius 2 is 1.83 bits per heavy atom. The number of hydrogen-bond donors (Lipinski definition) is 0. The number of para-hydroxylation sites is 1. The first-order chi connectivity index (χ1) is 14.1. The third-order valence-corrected chi connectivity index (χ3v) is 7.59. The molecule has 0 amide bonds. The van der Waals surface area contributed by atoms with E-state index in [4.69, 9.17) is 9.73 Å². The SMILES string of the molecule is CCn1c(-c2cccc(S(=O)(=O)N3CCOCC3)c2)csc1=Nc1ccccc1. The summed E-state index contributed by atoms with van der Waals surface area (Å²) in [7, 11) is -3.53. The number of morpholine rings is 1. The summed E-state index contributed by atoms with van der Waals surface area (Å²) in [5.41, 5.74) is 2.73. The molecule has 1 saturated heterocycles. The van der Waals surface area contributed by atoms with Crippen LogP contribution in [0.5, 0.6) is 0 Å². The molecule has 8 heteroatoms. The molecule has 0 atom stereocenters. The highest BCUT2D eigenvalue weighted by Crippen LogP contribution is 2.25. The first-order valence-electron chi connectivity index (χ1n) is 9.56. The standard InChI is InChI=1S/C21H23N3O3S2/c1-2-24-20(16-28-21(24)22-18-8-4-3-5-9-18)17-7-6-10-19(15-17)29(25,26)23-11-13-27-14-12-23/h3-10,15-16H,2,11-14H2,1H3. The van der Waals surface area contributed by atoms with E-state index in [1.165, 1.54) is 4.31 Å². The lowest BCUT2D eigenvalue weighted by Gasteiger charge is -2.26. The van der Waals surface area contributed by atoms with Crippen LogP contribution in [0.1, 0.15) is 6.92 Å². The number of rotatable bonds is 5. The third kappa shape index (κ3) is 4.20. The fraction of sp³-hybridized carbons (Fsp3) is 0.286. The van der Waals surface area contributed by atoms with Crippen molar-refractivity contribution in [2.75, 3.05) is 26.3 Å². The Labute approximate surface area is 174 Å². The maximum absolute atomic E-state index is 13.0. The fourth-order valence-electron chi connectivity index (χ4n) is 3.32. The van der Waals surface area contributed by atoms with E-state index in [-0.39, 0.29) is 0 Å². The lowest BCUT2D eigenvalue weighted by atomic mass is 10.2. The Bertz CT molecular complexity index is 1150. The van der Waals surface area contributed by atoms with E-state index in [2.05, 4.69) is 11.5 Å². The number of sulfonamides is 1. The smallest absolute Gasteiger partial charge is 0.243 e. The van der Waals surface area contributed by atoms with Gasteiger partial charge in [0.1, 0.15) is 0 Å². The van der Waals surface area contributed by atoms with Crippen molar-refractivity contribution in [3.8, 4) is 11.3 Å². The first-order valence-corrected chi connectivity index (χ1v) is 11.9. The molecule has 2 aromatic carbocycles. The van der Waals surface area contributed by atoms with Crippen molar-refractivity contribution in [1.29, 1.82) is 0 Å². The normalized spacial score (nSPS) is 16.2. The largest absolute Gasteiger partial charge is 0.379 e.